The Bertz CT molecular complexity index is 653. The van der Waals surface area contributed by atoms with Crippen molar-refractivity contribution >= 4 is 17.5 Å². The number of hydrogen-bond acceptors (Lipinski definition) is 2. The number of amides is 2. The predicted molar refractivity (Wildman–Crippen MR) is 87.4 cm³/mol. The molecule has 0 saturated heterocycles. The van der Waals surface area contributed by atoms with Gasteiger partial charge in [-0.25, -0.2) is 0 Å². The minimum absolute atomic E-state index is 0.125. The number of anilines is 1. The summed E-state index contributed by atoms with van der Waals surface area (Å²) in [5, 5.41) is 5.58. The summed E-state index contributed by atoms with van der Waals surface area (Å²) in [7, 11) is 0. The average molecular weight is 296 g/mol. The third kappa shape index (κ3) is 4.45. The fraction of sp³-hybridized carbons (Fsp3) is 0.222. The summed E-state index contributed by atoms with van der Waals surface area (Å²) in [4.78, 5) is 23.9. The van der Waals surface area contributed by atoms with Gasteiger partial charge in [0.2, 0.25) is 11.8 Å². The molecule has 0 fully saturated rings. The van der Waals surface area contributed by atoms with Crippen LogP contribution < -0.4 is 10.6 Å². The van der Waals surface area contributed by atoms with Crippen molar-refractivity contribution in [2.75, 3.05) is 5.32 Å². The first-order valence-electron chi connectivity index (χ1n) is 7.26. The Morgan fingerprint density at radius 2 is 1.59 bits per heavy atom. The second kappa shape index (κ2) is 7.41. The second-order valence-electron chi connectivity index (χ2n) is 5.24. The molecule has 114 valence electrons. The number of benzene rings is 2. The Hall–Kier alpha value is -2.62. The third-order valence-electron chi connectivity index (χ3n) is 3.42. The summed E-state index contributed by atoms with van der Waals surface area (Å²) in [5.41, 5.74) is 2.71. The van der Waals surface area contributed by atoms with Gasteiger partial charge in [0.25, 0.3) is 0 Å². The first kappa shape index (κ1) is 15.8. The molecule has 0 radical (unpaired) electrons. The molecule has 0 aliphatic rings. The highest BCUT2D eigenvalue weighted by Gasteiger charge is 2.13. The van der Waals surface area contributed by atoms with E-state index >= 15 is 0 Å². The summed E-state index contributed by atoms with van der Waals surface area (Å²) in [6.45, 7) is 3.81. The topological polar surface area (TPSA) is 58.2 Å². The van der Waals surface area contributed by atoms with Crippen LogP contribution in [0.3, 0.4) is 0 Å². The van der Waals surface area contributed by atoms with E-state index in [1.165, 1.54) is 0 Å². The maximum Gasteiger partial charge on any atom is 0.233 e. The number of carbonyl (C=O) groups excluding carboxylic acids is 2. The standard InChI is InChI=1S/C18H20N2O2/c1-13-8-6-7-11-16(13)20-18(22)12-17(21)19-14(2)15-9-4-3-5-10-15/h3-11,14H,12H2,1-2H3,(H,19,21)(H,20,22). The Morgan fingerprint density at radius 1 is 0.955 bits per heavy atom. The van der Waals surface area contributed by atoms with Crippen molar-refractivity contribution in [2.24, 2.45) is 0 Å². The van der Waals surface area contributed by atoms with Crippen LogP contribution in [0.1, 0.15) is 30.5 Å². The molecule has 1 unspecified atom stereocenters. The van der Waals surface area contributed by atoms with E-state index < -0.39 is 0 Å². The Kier molecular flexibility index (Phi) is 5.31. The van der Waals surface area contributed by atoms with E-state index in [0.29, 0.717) is 0 Å². The number of carbonyl (C=O) groups is 2. The summed E-state index contributed by atoms with van der Waals surface area (Å²) in [6, 6.07) is 17.0. The van der Waals surface area contributed by atoms with Gasteiger partial charge in [0, 0.05) is 5.69 Å². The molecule has 2 amide bonds. The lowest BCUT2D eigenvalue weighted by molar-refractivity contribution is -0.127. The zero-order valence-electron chi connectivity index (χ0n) is 12.8. The average Bonchev–Trinajstić information content (AvgIpc) is 2.50. The lowest BCUT2D eigenvalue weighted by Gasteiger charge is -2.14. The fourth-order valence-corrected chi connectivity index (χ4v) is 2.17. The predicted octanol–water partition coefficient (Wildman–Crippen LogP) is 3.20. The zero-order chi connectivity index (χ0) is 15.9. The van der Waals surface area contributed by atoms with E-state index in [1.54, 1.807) is 0 Å². The quantitative estimate of drug-likeness (QED) is 0.832. The summed E-state index contributed by atoms with van der Waals surface area (Å²) in [6.07, 6.45) is -0.189. The molecule has 2 aromatic carbocycles. The van der Waals surface area contributed by atoms with Crippen molar-refractivity contribution in [2.45, 2.75) is 26.3 Å². The van der Waals surface area contributed by atoms with Gasteiger partial charge in [0.05, 0.1) is 6.04 Å². The lowest BCUT2D eigenvalue weighted by Crippen LogP contribution is -2.30. The fourth-order valence-electron chi connectivity index (χ4n) is 2.17. The van der Waals surface area contributed by atoms with Gasteiger partial charge in [-0.3, -0.25) is 9.59 Å². The zero-order valence-corrected chi connectivity index (χ0v) is 12.8. The molecule has 0 heterocycles. The van der Waals surface area contributed by atoms with Gasteiger partial charge in [0.15, 0.2) is 0 Å². The van der Waals surface area contributed by atoms with E-state index in [4.69, 9.17) is 0 Å². The Labute approximate surface area is 130 Å². The number of aryl methyl sites for hydroxylation is 1. The molecule has 1 atom stereocenters. The van der Waals surface area contributed by atoms with Crippen molar-refractivity contribution in [1.82, 2.24) is 5.32 Å². The highest BCUT2D eigenvalue weighted by atomic mass is 16.2. The van der Waals surface area contributed by atoms with Crippen LogP contribution >= 0.6 is 0 Å². The van der Waals surface area contributed by atoms with E-state index in [0.717, 1.165) is 16.8 Å². The highest BCUT2D eigenvalue weighted by molar-refractivity contribution is 6.03. The van der Waals surface area contributed by atoms with E-state index in [2.05, 4.69) is 10.6 Å². The van der Waals surface area contributed by atoms with Gasteiger partial charge < -0.3 is 10.6 Å². The Balaban J connectivity index is 1.87. The summed E-state index contributed by atoms with van der Waals surface area (Å²) >= 11 is 0. The monoisotopic (exact) mass is 296 g/mol. The van der Waals surface area contributed by atoms with Gasteiger partial charge in [-0.05, 0) is 31.0 Å². The molecule has 0 bridgehead atoms. The van der Waals surface area contributed by atoms with Crippen LogP contribution in [-0.4, -0.2) is 11.8 Å². The van der Waals surface area contributed by atoms with Crippen molar-refractivity contribution < 1.29 is 9.59 Å². The molecular weight excluding hydrogens is 276 g/mol. The van der Waals surface area contributed by atoms with Crippen LogP contribution in [0.2, 0.25) is 0 Å². The highest BCUT2D eigenvalue weighted by Crippen LogP contribution is 2.14. The lowest BCUT2D eigenvalue weighted by atomic mass is 10.1. The molecule has 0 aliphatic heterocycles. The maximum atomic E-state index is 11.9. The van der Waals surface area contributed by atoms with Gasteiger partial charge in [-0.2, -0.15) is 0 Å². The first-order valence-corrected chi connectivity index (χ1v) is 7.26. The molecule has 4 nitrogen and oxygen atoms in total. The van der Waals surface area contributed by atoms with Crippen LogP contribution in [-0.2, 0) is 9.59 Å². The normalized spacial score (nSPS) is 11.5. The minimum atomic E-state index is -0.313. The maximum absolute atomic E-state index is 11.9. The first-order chi connectivity index (χ1) is 10.6. The van der Waals surface area contributed by atoms with Crippen molar-refractivity contribution in [3.63, 3.8) is 0 Å². The molecule has 22 heavy (non-hydrogen) atoms. The number of nitrogens with one attached hydrogen (secondary N) is 2. The van der Waals surface area contributed by atoms with Crippen LogP contribution in [0.5, 0.6) is 0 Å². The number of rotatable bonds is 5. The molecule has 2 aromatic rings. The van der Waals surface area contributed by atoms with Crippen LogP contribution in [0.15, 0.2) is 54.6 Å². The van der Waals surface area contributed by atoms with Crippen molar-refractivity contribution in [3.8, 4) is 0 Å². The second-order valence-corrected chi connectivity index (χ2v) is 5.24. The van der Waals surface area contributed by atoms with E-state index in [9.17, 15) is 9.59 Å². The SMILES string of the molecule is Cc1ccccc1NC(=O)CC(=O)NC(C)c1ccccc1. The van der Waals surface area contributed by atoms with Crippen LogP contribution in [0, 0.1) is 6.92 Å². The largest absolute Gasteiger partial charge is 0.349 e. The summed E-state index contributed by atoms with van der Waals surface area (Å²) < 4.78 is 0. The van der Waals surface area contributed by atoms with E-state index in [1.807, 2.05) is 68.4 Å². The van der Waals surface area contributed by atoms with Gasteiger partial charge >= 0.3 is 0 Å². The van der Waals surface area contributed by atoms with Crippen molar-refractivity contribution in [3.05, 3.63) is 65.7 Å². The smallest absolute Gasteiger partial charge is 0.233 e. The Morgan fingerprint density at radius 3 is 2.27 bits per heavy atom. The molecule has 4 heteroatoms. The third-order valence-corrected chi connectivity index (χ3v) is 3.42. The van der Waals surface area contributed by atoms with E-state index in [-0.39, 0.29) is 24.3 Å². The van der Waals surface area contributed by atoms with Gasteiger partial charge in [-0.1, -0.05) is 48.5 Å². The molecule has 0 aromatic heterocycles. The number of para-hydroxylation sites is 1. The molecule has 2 N–H and O–H groups in total. The van der Waals surface area contributed by atoms with Crippen LogP contribution in [0.25, 0.3) is 0 Å². The minimum Gasteiger partial charge on any atom is -0.349 e. The van der Waals surface area contributed by atoms with Crippen LogP contribution in [0.4, 0.5) is 5.69 Å². The summed E-state index contributed by atoms with van der Waals surface area (Å²) in [5.74, 6) is -0.602. The number of hydrogen-bond donors (Lipinski definition) is 2. The van der Waals surface area contributed by atoms with Gasteiger partial charge in [0.1, 0.15) is 6.42 Å². The van der Waals surface area contributed by atoms with Gasteiger partial charge in [-0.15, -0.1) is 0 Å². The molecule has 0 saturated carbocycles. The molecule has 0 spiro atoms. The molecular formula is C18H20N2O2. The molecule has 0 aliphatic carbocycles. The van der Waals surface area contributed by atoms with Crippen molar-refractivity contribution in [1.29, 1.82) is 0 Å². The molecule has 2 rings (SSSR count).